The number of hydrogen-bond acceptors (Lipinski definition) is 3. The van der Waals surface area contributed by atoms with Crippen molar-refractivity contribution < 1.29 is 8.42 Å². The Labute approximate surface area is 111 Å². The van der Waals surface area contributed by atoms with Gasteiger partial charge in [0, 0.05) is 32.2 Å². The van der Waals surface area contributed by atoms with Crippen LogP contribution in [0.2, 0.25) is 0 Å². The Morgan fingerprint density at radius 1 is 1.17 bits per heavy atom. The van der Waals surface area contributed by atoms with Crippen molar-refractivity contribution in [3.63, 3.8) is 0 Å². The Morgan fingerprint density at radius 2 is 1.83 bits per heavy atom. The standard InChI is InChI=1S/C12H25N3O2S/c1-3-11-10-15(9-6-12(11)13-2)18(16,17)14-7-4-5-8-14/h11-13H,3-10H2,1-2H3. The van der Waals surface area contributed by atoms with Gasteiger partial charge in [0.15, 0.2) is 0 Å². The summed E-state index contributed by atoms with van der Waals surface area (Å²) < 4.78 is 28.3. The van der Waals surface area contributed by atoms with Crippen molar-refractivity contribution >= 4 is 10.2 Å². The molecule has 0 aliphatic carbocycles. The lowest BCUT2D eigenvalue weighted by atomic mass is 9.91. The predicted octanol–water partition coefficient (Wildman–Crippen LogP) is 0.647. The van der Waals surface area contributed by atoms with Gasteiger partial charge in [0.05, 0.1) is 0 Å². The second-order valence-electron chi connectivity index (χ2n) is 5.32. The average molecular weight is 275 g/mol. The van der Waals surface area contributed by atoms with Crippen LogP contribution in [-0.4, -0.2) is 56.3 Å². The number of nitrogens with zero attached hydrogens (tertiary/aromatic N) is 2. The van der Waals surface area contributed by atoms with E-state index in [0.29, 0.717) is 38.1 Å². The topological polar surface area (TPSA) is 52.7 Å². The highest BCUT2D eigenvalue weighted by Crippen LogP contribution is 2.25. The Kier molecular flexibility index (Phi) is 4.64. The van der Waals surface area contributed by atoms with E-state index in [2.05, 4.69) is 12.2 Å². The molecule has 106 valence electrons. The zero-order chi connectivity index (χ0) is 13.2. The predicted molar refractivity (Wildman–Crippen MR) is 72.5 cm³/mol. The fourth-order valence-corrected chi connectivity index (χ4v) is 4.85. The summed E-state index contributed by atoms with van der Waals surface area (Å²) in [4.78, 5) is 0. The Bertz CT molecular complexity index is 366. The Balaban J connectivity index is 2.05. The fraction of sp³-hybridized carbons (Fsp3) is 1.00. The van der Waals surface area contributed by atoms with Gasteiger partial charge in [0.1, 0.15) is 0 Å². The molecule has 2 unspecified atom stereocenters. The summed E-state index contributed by atoms with van der Waals surface area (Å²) >= 11 is 0. The van der Waals surface area contributed by atoms with E-state index in [1.807, 2.05) is 7.05 Å². The van der Waals surface area contributed by atoms with Crippen LogP contribution in [-0.2, 0) is 10.2 Å². The first-order valence-electron chi connectivity index (χ1n) is 7.02. The molecule has 18 heavy (non-hydrogen) atoms. The van der Waals surface area contributed by atoms with Crippen LogP contribution >= 0.6 is 0 Å². The molecule has 0 aromatic carbocycles. The molecule has 0 bridgehead atoms. The maximum atomic E-state index is 12.5. The minimum Gasteiger partial charge on any atom is -0.317 e. The smallest absolute Gasteiger partial charge is 0.281 e. The number of piperidine rings is 1. The van der Waals surface area contributed by atoms with Crippen molar-refractivity contribution in [2.45, 2.75) is 38.6 Å². The highest BCUT2D eigenvalue weighted by molar-refractivity contribution is 7.86. The average Bonchev–Trinajstić information content (AvgIpc) is 2.92. The van der Waals surface area contributed by atoms with E-state index in [4.69, 9.17) is 0 Å². The zero-order valence-corrected chi connectivity index (χ0v) is 12.2. The van der Waals surface area contributed by atoms with E-state index in [1.54, 1.807) is 8.61 Å². The van der Waals surface area contributed by atoms with E-state index in [-0.39, 0.29) is 0 Å². The van der Waals surface area contributed by atoms with Crippen LogP contribution in [0.15, 0.2) is 0 Å². The lowest BCUT2D eigenvalue weighted by Gasteiger charge is -2.38. The molecule has 2 saturated heterocycles. The van der Waals surface area contributed by atoms with Crippen LogP contribution in [0.25, 0.3) is 0 Å². The first kappa shape index (κ1) is 14.2. The van der Waals surface area contributed by atoms with Crippen molar-refractivity contribution in [2.75, 3.05) is 33.2 Å². The number of nitrogens with one attached hydrogen (secondary N) is 1. The molecule has 2 fully saturated rings. The maximum Gasteiger partial charge on any atom is 0.281 e. The van der Waals surface area contributed by atoms with Gasteiger partial charge in [0.2, 0.25) is 0 Å². The van der Waals surface area contributed by atoms with E-state index < -0.39 is 10.2 Å². The normalized spacial score (nSPS) is 31.9. The van der Waals surface area contributed by atoms with Crippen molar-refractivity contribution in [1.29, 1.82) is 0 Å². The Hall–Kier alpha value is -0.170. The van der Waals surface area contributed by atoms with Crippen LogP contribution < -0.4 is 5.32 Å². The molecule has 1 N–H and O–H groups in total. The van der Waals surface area contributed by atoms with Crippen LogP contribution in [0.1, 0.15) is 32.6 Å². The lowest BCUT2D eigenvalue weighted by molar-refractivity contribution is 0.201. The largest absolute Gasteiger partial charge is 0.317 e. The summed E-state index contributed by atoms with van der Waals surface area (Å²) in [5.41, 5.74) is 0. The molecule has 2 aliphatic heterocycles. The summed E-state index contributed by atoms with van der Waals surface area (Å²) in [6.45, 7) is 4.86. The molecular formula is C12H25N3O2S. The third kappa shape index (κ3) is 2.71. The number of rotatable bonds is 4. The minimum absolute atomic E-state index is 0.432. The third-order valence-corrected chi connectivity index (χ3v) is 6.31. The summed E-state index contributed by atoms with van der Waals surface area (Å²) in [6, 6.07) is 0.458. The maximum absolute atomic E-state index is 12.5. The van der Waals surface area contributed by atoms with Gasteiger partial charge in [-0.25, -0.2) is 0 Å². The first-order valence-corrected chi connectivity index (χ1v) is 8.41. The molecule has 0 saturated carbocycles. The minimum atomic E-state index is -3.20. The van der Waals surface area contributed by atoms with Gasteiger partial charge < -0.3 is 5.32 Å². The molecule has 0 aromatic rings. The molecule has 0 amide bonds. The lowest BCUT2D eigenvalue weighted by Crippen LogP contribution is -2.53. The van der Waals surface area contributed by atoms with Crippen molar-refractivity contribution in [3.8, 4) is 0 Å². The molecular weight excluding hydrogens is 250 g/mol. The summed E-state index contributed by atoms with van der Waals surface area (Å²) in [5.74, 6) is 0.432. The van der Waals surface area contributed by atoms with Crippen molar-refractivity contribution in [3.05, 3.63) is 0 Å². The molecule has 0 radical (unpaired) electrons. The molecule has 2 heterocycles. The fourth-order valence-electron chi connectivity index (χ4n) is 3.08. The molecule has 2 aliphatic rings. The van der Waals surface area contributed by atoms with E-state index in [0.717, 1.165) is 25.7 Å². The quantitative estimate of drug-likeness (QED) is 0.819. The van der Waals surface area contributed by atoms with E-state index in [1.165, 1.54) is 0 Å². The van der Waals surface area contributed by atoms with Crippen LogP contribution in [0.4, 0.5) is 0 Å². The van der Waals surface area contributed by atoms with E-state index >= 15 is 0 Å². The highest BCUT2D eigenvalue weighted by Gasteiger charge is 2.37. The SMILES string of the molecule is CCC1CN(S(=O)(=O)N2CCCC2)CCC1NC. The van der Waals surface area contributed by atoms with Crippen molar-refractivity contribution in [1.82, 2.24) is 13.9 Å². The zero-order valence-electron chi connectivity index (χ0n) is 11.4. The van der Waals surface area contributed by atoms with Gasteiger partial charge in [-0.2, -0.15) is 17.0 Å². The van der Waals surface area contributed by atoms with Crippen molar-refractivity contribution in [2.24, 2.45) is 5.92 Å². The number of hydrogen-bond donors (Lipinski definition) is 1. The van der Waals surface area contributed by atoms with Crippen LogP contribution in [0.3, 0.4) is 0 Å². The van der Waals surface area contributed by atoms with E-state index in [9.17, 15) is 8.42 Å². The molecule has 6 heteroatoms. The summed E-state index contributed by atoms with van der Waals surface area (Å²) in [7, 11) is -1.23. The second-order valence-corrected chi connectivity index (χ2v) is 7.25. The third-order valence-electron chi connectivity index (χ3n) is 4.31. The van der Waals surface area contributed by atoms with Gasteiger partial charge in [-0.05, 0) is 32.2 Å². The molecule has 5 nitrogen and oxygen atoms in total. The van der Waals surface area contributed by atoms with Gasteiger partial charge in [-0.3, -0.25) is 0 Å². The monoisotopic (exact) mass is 275 g/mol. The van der Waals surface area contributed by atoms with Crippen LogP contribution in [0.5, 0.6) is 0 Å². The molecule has 2 atom stereocenters. The summed E-state index contributed by atoms with van der Waals surface area (Å²) in [6.07, 6.45) is 3.95. The summed E-state index contributed by atoms with van der Waals surface area (Å²) in [5, 5.41) is 3.31. The van der Waals surface area contributed by atoms with Crippen LogP contribution in [0, 0.1) is 5.92 Å². The molecule has 2 rings (SSSR count). The second kappa shape index (κ2) is 5.86. The van der Waals surface area contributed by atoms with Gasteiger partial charge in [0.25, 0.3) is 10.2 Å². The highest BCUT2D eigenvalue weighted by atomic mass is 32.2. The first-order chi connectivity index (χ1) is 8.59. The van der Waals surface area contributed by atoms with Gasteiger partial charge in [-0.15, -0.1) is 0 Å². The van der Waals surface area contributed by atoms with Gasteiger partial charge in [-0.1, -0.05) is 13.3 Å². The van der Waals surface area contributed by atoms with Gasteiger partial charge >= 0.3 is 0 Å². The Morgan fingerprint density at radius 3 is 2.39 bits per heavy atom. The molecule has 0 aromatic heterocycles. The molecule has 0 spiro atoms.